The summed E-state index contributed by atoms with van der Waals surface area (Å²) < 4.78 is 0. The molecule has 2 unspecified atom stereocenters. The Morgan fingerprint density at radius 2 is 2.06 bits per heavy atom. The van der Waals surface area contributed by atoms with Gasteiger partial charge in [0.2, 0.25) is 0 Å². The summed E-state index contributed by atoms with van der Waals surface area (Å²) >= 11 is 0. The summed E-state index contributed by atoms with van der Waals surface area (Å²) in [7, 11) is -1.00. The van der Waals surface area contributed by atoms with Gasteiger partial charge in [0.15, 0.2) is 0 Å². The molecule has 2 aliphatic heterocycles. The third-order valence-corrected chi connectivity index (χ3v) is 10.1. The first-order chi connectivity index (χ1) is 7.69. The van der Waals surface area contributed by atoms with Crippen LogP contribution < -0.4 is 5.19 Å². The molecule has 0 radical (unpaired) electrons. The third-order valence-electron chi connectivity index (χ3n) is 5.53. The molecule has 0 N–H and O–H groups in total. The maximum Gasteiger partial charge on any atom is 0.0847 e. The molecule has 1 aromatic rings. The van der Waals surface area contributed by atoms with E-state index in [-0.39, 0.29) is 0 Å². The maximum atomic E-state index is 2.66. The minimum absolute atomic E-state index is 0.961. The van der Waals surface area contributed by atoms with Gasteiger partial charge in [-0.15, -0.1) is 0 Å². The summed E-state index contributed by atoms with van der Waals surface area (Å²) in [4.78, 5) is 0. The minimum Gasteiger partial charge on any atom is -0.0652 e. The van der Waals surface area contributed by atoms with E-state index in [1.165, 1.54) is 25.7 Å². The van der Waals surface area contributed by atoms with Gasteiger partial charge in [0.1, 0.15) is 0 Å². The van der Waals surface area contributed by atoms with Crippen molar-refractivity contribution in [1.29, 1.82) is 0 Å². The fraction of sp³-hybridized carbons (Fsp3) is 0.600. The molecular formula is C15H20Si. The van der Waals surface area contributed by atoms with Gasteiger partial charge >= 0.3 is 0 Å². The molecule has 0 saturated carbocycles. The lowest BCUT2D eigenvalue weighted by Crippen LogP contribution is -2.47. The summed E-state index contributed by atoms with van der Waals surface area (Å²) in [6.07, 6.45) is 5.75. The van der Waals surface area contributed by atoms with E-state index < -0.39 is 8.07 Å². The molecule has 2 atom stereocenters. The maximum absolute atomic E-state index is 2.66. The Balaban J connectivity index is 2.10. The summed E-state index contributed by atoms with van der Waals surface area (Å²) in [5.41, 5.74) is 7.02. The SMILES string of the molecule is Cc1cc2c3c4c1CC[Si]4(C)CCC3CC2. The topological polar surface area (TPSA) is 0 Å². The lowest BCUT2D eigenvalue weighted by Gasteiger charge is -2.34. The lowest BCUT2D eigenvalue weighted by atomic mass is 9.93. The molecule has 4 rings (SSSR count). The van der Waals surface area contributed by atoms with Crippen LogP contribution in [0.4, 0.5) is 0 Å². The molecule has 84 valence electrons. The molecule has 0 bridgehead atoms. The van der Waals surface area contributed by atoms with Gasteiger partial charge < -0.3 is 0 Å². The lowest BCUT2D eigenvalue weighted by molar-refractivity contribution is 0.645. The number of hydrogen-bond acceptors (Lipinski definition) is 0. The van der Waals surface area contributed by atoms with E-state index in [0.717, 1.165) is 5.92 Å². The van der Waals surface area contributed by atoms with E-state index in [1.807, 2.05) is 10.8 Å². The first kappa shape index (κ1) is 9.47. The first-order valence-electron chi connectivity index (χ1n) is 6.85. The van der Waals surface area contributed by atoms with Crippen molar-refractivity contribution in [3.63, 3.8) is 0 Å². The third kappa shape index (κ3) is 0.964. The van der Waals surface area contributed by atoms with Gasteiger partial charge in [0, 0.05) is 0 Å². The molecule has 0 fully saturated rings. The van der Waals surface area contributed by atoms with E-state index >= 15 is 0 Å². The average molecular weight is 228 g/mol. The van der Waals surface area contributed by atoms with Crippen LogP contribution in [0, 0.1) is 6.92 Å². The second-order valence-electron chi connectivity index (χ2n) is 6.45. The van der Waals surface area contributed by atoms with Gasteiger partial charge in [-0.25, -0.2) is 0 Å². The molecule has 16 heavy (non-hydrogen) atoms. The predicted molar refractivity (Wildman–Crippen MR) is 71.4 cm³/mol. The molecule has 3 aliphatic rings. The van der Waals surface area contributed by atoms with Crippen LogP contribution in [0.5, 0.6) is 0 Å². The molecule has 1 aromatic carbocycles. The van der Waals surface area contributed by atoms with Crippen molar-refractivity contribution < 1.29 is 0 Å². The highest BCUT2D eigenvalue weighted by Crippen LogP contribution is 2.46. The highest BCUT2D eigenvalue weighted by Gasteiger charge is 2.45. The Bertz CT molecular complexity index is 489. The van der Waals surface area contributed by atoms with Gasteiger partial charge in [-0.05, 0) is 66.8 Å². The number of rotatable bonds is 0. The normalized spacial score (nSPS) is 34.2. The van der Waals surface area contributed by atoms with Gasteiger partial charge in [0.25, 0.3) is 0 Å². The van der Waals surface area contributed by atoms with E-state index in [0.29, 0.717) is 0 Å². The fourth-order valence-electron chi connectivity index (χ4n) is 4.66. The van der Waals surface area contributed by atoms with Crippen molar-refractivity contribution in [2.75, 3.05) is 0 Å². The predicted octanol–water partition coefficient (Wildman–Crippen LogP) is 3.27. The summed E-state index contributed by atoms with van der Waals surface area (Å²) in [5.74, 6) is 0.961. The monoisotopic (exact) mass is 228 g/mol. The largest absolute Gasteiger partial charge is 0.0847 e. The average Bonchev–Trinajstić information content (AvgIpc) is 2.79. The van der Waals surface area contributed by atoms with Crippen molar-refractivity contribution in [3.05, 3.63) is 28.3 Å². The molecule has 1 aliphatic carbocycles. The van der Waals surface area contributed by atoms with E-state index in [2.05, 4.69) is 19.5 Å². The highest BCUT2D eigenvalue weighted by molar-refractivity contribution is 6.92. The van der Waals surface area contributed by atoms with Gasteiger partial charge in [0.05, 0.1) is 8.07 Å². The Morgan fingerprint density at radius 3 is 2.94 bits per heavy atom. The summed E-state index contributed by atoms with van der Waals surface area (Å²) in [5, 5.41) is 1.95. The van der Waals surface area contributed by atoms with E-state index in [1.54, 1.807) is 28.8 Å². The number of aryl methyl sites for hydroxylation is 2. The Kier molecular flexibility index (Phi) is 1.66. The van der Waals surface area contributed by atoms with Crippen LogP contribution in [0.1, 0.15) is 41.0 Å². The van der Waals surface area contributed by atoms with E-state index in [9.17, 15) is 0 Å². The minimum atomic E-state index is -1.00. The van der Waals surface area contributed by atoms with Crippen molar-refractivity contribution in [2.24, 2.45) is 0 Å². The van der Waals surface area contributed by atoms with Gasteiger partial charge in [-0.1, -0.05) is 23.8 Å². The van der Waals surface area contributed by atoms with Crippen molar-refractivity contribution in [1.82, 2.24) is 0 Å². The first-order valence-corrected chi connectivity index (χ1v) is 9.76. The zero-order valence-corrected chi connectivity index (χ0v) is 11.4. The Labute approximate surface area is 99.1 Å². The van der Waals surface area contributed by atoms with Crippen LogP contribution >= 0.6 is 0 Å². The molecular weight excluding hydrogens is 208 g/mol. The quantitative estimate of drug-likeness (QED) is 0.598. The van der Waals surface area contributed by atoms with Gasteiger partial charge in [-0.2, -0.15) is 0 Å². The summed E-state index contributed by atoms with van der Waals surface area (Å²) in [6, 6.07) is 5.66. The van der Waals surface area contributed by atoms with E-state index in [4.69, 9.17) is 0 Å². The molecule has 0 nitrogen and oxygen atoms in total. The smallest absolute Gasteiger partial charge is 0.0652 e. The number of benzene rings is 1. The highest BCUT2D eigenvalue weighted by atomic mass is 28.3. The molecule has 1 heteroatoms. The van der Waals surface area contributed by atoms with Crippen molar-refractivity contribution in [3.8, 4) is 0 Å². The molecule has 0 amide bonds. The Hall–Kier alpha value is -0.563. The van der Waals surface area contributed by atoms with Crippen LogP contribution in [-0.4, -0.2) is 8.07 Å². The second-order valence-corrected chi connectivity index (χ2v) is 11.1. The Morgan fingerprint density at radius 1 is 1.19 bits per heavy atom. The number of hydrogen-bond donors (Lipinski definition) is 0. The van der Waals surface area contributed by atoms with Crippen LogP contribution in [0.2, 0.25) is 18.6 Å². The molecule has 0 spiro atoms. The summed E-state index contributed by atoms with van der Waals surface area (Å²) in [6.45, 7) is 5.02. The second kappa shape index (κ2) is 2.81. The fourth-order valence-corrected chi connectivity index (χ4v) is 9.27. The van der Waals surface area contributed by atoms with Crippen molar-refractivity contribution >= 4 is 13.3 Å². The molecule has 2 heterocycles. The van der Waals surface area contributed by atoms with Crippen LogP contribution in [0.15, 0.2) is 6.07 Å². The zero-order chi connectivity index (χ0) is 10.9. The van der Waals surface area contributed by atoms with Crippen LogP contribution in [-0.2, 0) is 12.8 Å². The molecule has 0 aromatic heterocycles. The van der Waals surface area contributed by atoms with Crippen molar-refractivity contribution in [2.45, 2.75) is 57.2 Å². The standard InChI is InChI=1S/C15H20Si/c1-10-9-12-4-3-11-5-7-16(2)8-6-13(10)15(16)14(11)12/h9,11H,3-8H2,1-2H3. The van der Waals surface area contributed by atoms with Crippen LogP contribution in [0.3, 0.4) is 0 Å². The zero-order valence-electron chi connectivity index (χ0n) is 10.4. The van der Waals surface area contributed by atoms with Crippen LogP contribution in [0.25, 0.3) is 0 Å². The van der Waals surface area contributed by atoms with Gasteiger partial charge in [-0.3, -0.25) is 0 Å². The molecule has 0 saturated heterocycles.